The molecule has 0 unspecified atom stereocenters. The van der Waals surface area contributed by atoms with Crippen molar-refractivity contribution in [1.29, 1.82) is 0 Å². The fraction of sp³-hybridized carbons (Fsp3) is 0.0244. The molecule has 0 radical (unpaired) electrons. The summed E-state index contributed by atoms with van der Waals surface area (Å²) < 4.78 is 4.69. The Morgan fingerprint density at radius 2 is 1.00 bits per heavy atom. The standard InChI is InChI=1S/C41H30N4/c1-28(30-16-6-3-7-17-30)42-41(31-18-8-4-9-19-31)43-29(2)44-37-24-14-12-22-33(37)35-26-27-36-34-23-13-15-25-38(34)45(40(36)39(35)44)32-20-10-5-11-21-32/h3-27H,1H2,2H3. The lowest BCUT2D eigenvalue weighted by Gasteiger charge is -2.13. The molecule has 4 heteroatoms. The Morgan fingerprint density at radius 1 is 0.489 bits per heavy atom. The fourth-order valence-electron chi connectivity index (χ4n) is 6.45. The molecule has 6 aromatic carbocycles. The summed E-state index contributed by atoms with van der Waals surface area (Å²) in [4.78, 5) is 10.3. The van der Waals surface area contributed by atoms with Gasteiger partial charge in [0.05, 0.1) is 27.8 Å². The van der Waals surface area contributed by atoms with Crippen LogP contribution in [0.4, 0.5) is 0 Å². The first kappa shape index (κ1) is 26.6. The number of nitrogens with zero attached hydrogens (tertiary/aromatic N) is 4. The minimum Gasteiger partial charge on any atom is -0.307 e. The molecule has 0 aliphatic heterocycles. The molecular formula is C41H30N4. The van der Waals surface area contributed by atoms with Crippen LogP contribution in [-0.4, -0.2) is 20.8 Å². The molecule has 45 heavy (non-hydrogen) atoms. The van der Waals surface area contributed by atoms with Gasteiger partial charge in [-0.1, -0.05) is 134 Å². The predicted octanol–water partition coefficient (Wildman–Crippen LogP) is 10.3. The van der Waals surface area contributed by atoms with Crippen LogP contribution in [-0.2, 0) is 0 Å². The maximum atomic E-state index is 5.28. The van der Waals surface area contributed by atoms with Gasteiger partial charge in [0.2, 0.25) is 0 Å². The van der Waals surface area contributed by atoms with E-state index >= 15 is 0 Å². The lowest BCUT2D eigenvalue weighted by atomic mass is 10.1. The lowest BCUT2D eigenvalue weighted by Crippen LogP contribution is -2.12. The Labute approximate surface area is 261 Å². The first-order valence-corrected chi connectivity index (χ1v) is 15.1. The Bertz CT molecular complexity index is 2430. The summed E-state index contributed by atoms with van der Waals surface area (Å²) in [5.74, 6) is 1.44. The smallest absolute Gasteiger partial charge is 0.161 e. The minimum absolute atomic E-state index is 0.615. The van der Waals surface area contributed by atoms with E-state index in [9.17, 15) is 0 Å². The van der Waals surface area contributed by atoms with E-state index in [4.69, 9.17) is 9.98 Å². The highest BCUT2D eigenvalue weighted by Gasteiger charge is 2.21. The minimum atomic E-state index is 0.615. The molecule has 0 atom stereocenters. The van der Waals surface area contributed by atoms with E-state index in [1.165, 1.54) is 27.1 Å². The van der Waals surface area contributed by atoms with Crippen LogP contribution in [0.15, 0.2) is 168 Å². The zero-order chi connectivity index (χ0) is 30.3. The van der Waals surface area contributed by atoms with Crippen LogP contribution < -0.4 is 0 Å². The van der Waals surface area contributed by atoms with E-state index in [1.807, 2.05) is 60.7 Å². The van der Waals surface area contributed by atoms with Crippen molar-refractivity contribution < 1.29 is 0 Å². The Hall–Kier alpha value is -6.00. The summed E-state index contributed by atoms with van der Waals surface area (Å²) in [6.07, 6.45) is 0. The van der Waals surface area contributed by atoms with Gasteiger partial charge in [-0.25, -0.2) is 9.98 Å². The molecule has 8 rings (SSSR count). The van der Waals surface area contributed by atoms with E-state index in [0.717, 1.165) is 39.2 Å². The van der Waals surface area contributed by atoms with Crippen LogP contribution >= 0.6 is 0 Å². The van der Waals surface area contributed by atoms with Crippen molar-refractivity contribution in [3.05, 3.63) is 169 Å². The summed E-state index contributed by atoms with van der Waals surface area (Å²) in [5, 5.41) is 4.78. The molecule has 2 aromatic heterocycles. The van der Waals surface area contributed by atoms with Gasteiger partial charge in [0, 0.05) is 32.8 Å². The van der Waals surface area contributed by atoms with E-state index < -0.39 is 0 Å². The van der Waals surface area contributed by atoms with Crippen molar-refractivity contribution in [3.63, 3.8) is 0 Å². The number of benzene rings is 6. The van der Waals surface area contributed by atoms with Gasteiger partial charge >= 0.3 is 0 Å². The number of hydrogen-bond acceptors (Lipinski definition) is 1. The van der Waals surface area contributed by atoms with Crippen LogP contribution in [0.25, 0.3) is 55.0 Å². The highest BCUT2D eigenvalue weighted by atomic mass is 15.1. The number of amidine groups is 1. The third-order valence-corrected chi connectivity index (χ3v) is 8.45. The van der Waals surface area contributed by atoms with Gasteiger partial charge in [-0.15, -0.1) is 0 Å². The second-order valence-electron chi connectivity index (χ2n) is 11.2. The summed E-state index contributed by atoms with van der Waals surface area (Å²) in [6.45, 7) is 6.38. The van der Waals surface area contributed by atoms with Gasteiger partial charge in [-0.3, -0.25) is 4.57 Å². The summed E-state index contributed by atoms with van der Waals surface area (Å²) in [7, 11) is 0. The van der Waals surface area contributed by atoms with E-state index in [-0.39, 0.29) is 0 Å². The summed E-state index contributed by atoms with van der Waals surface area (Å²) in [5.41, 5.74) is 8.21. The van der Waals surface area contributed by atoms with Gasteiger partial charge < -0.3 is 4.57 Å². The number of fused-ring (bicyclic) bond motifs is 7. The van der Waals surface area contributed by atoms with Gasteiger partial charge in [0.25, 0.3) is 0 Å². The summed E-state index contributed by atoms with van der Waals surface area (Å²) >= 11 is 0. The largest absolute Gasteiger partial charge is 0.307 e. The molecule has 214 valence electrons. The quantitative estimate of drug-likeness (QED) is 0.147. The van der Waals surface area contributed by atoms with Crippen molar-refractivity contribution in [2.24, 2.45) is 9.98 Å². The van der Waals surface area contributed by atoms with Crippen molar-refractivity contribution in [2.75, 3.05) is 0 Å². The van der Waals surface area contributed by atoms with Crippen molar-refractivity contribution >= 4 is 61.0 Å². The predicted molar refractivity (Wildman–Crippen MR) is 191 cm³/mol. The topological polar surface area (TPSA) is 34.6 Å². The molecule has 0 aliphatic carbocycles. The number of para-hydroxylation sites is 3. The number of rotatable bonds is 4. The zero-order valence-electron chi connectivity index (χ0n) is 24.9. The SMILES string of the molecule is C=C(N=C(N=C(C)n1c2ccccc2c2ccc3c4ccccc4n(-c4ccccc4)c3c21)c1ccccc1)c1ccccc1. The number of aromatic nitrogens is 2. The van der Waals surface area contributed by atoms with E-state index in [2.05, 4.69) is 114 Å². The van der Waals surface area contributed by atoms with Crippen LogP contribution in [0.3, 0.4) is 0 Å². The maximum absolute atomic E-state index is 5.28. The normalized spacial score (nSPS) is 12.5. The maximum Gasteiger partial charge on any atom is 0.161 e. The average Bonchev–Trinajstić information content (AvgIpc) is 3.62. The molecule has 0 N–H and O–H groups in total. The molecule has 8 aromatic rings. The molecule has 0 spiro atoms. The fourth-order valence-corrected chi connectivity index (χ4v) is 6.45. The van der Waals surface area contributed by atoms with E-state index in [1.54, 1.807) is 0 Å². The highest BCUT2D eigenvalue weighted by Crippen LogP contribution is 2.40. The third-order valence-electron chi connectivity index (χ3n) is 8.45. The van der Waals surface area contributed by atoms with Gasteiger partial charge in [-0.05, 0) is 36.8 Å². The molecule has 0 fully saturated rings. The molecule has 0 saturated carbocycles. The Morgan fingerprint density at radius 3 is 1.67 bits per heavy atom. The third kappa shape index (κ3) is 4.47. The van der Waals surface area contributed by atoms with Crippen molar-refractivity contribution in [3.8, 4) is 5.69 Å². The molecular weight excluding hydrogens is 548 g/mol. The number of hydrogen-bond donors (Lipinski definition) is 0. The Balaban J connectivity index is 1.46. The van der Waals surface area contributed by atoms with Gasteiger partial charge in [0.15, 0.2) is 5.84 Å². The van der Waals surface area contributed by atoms with Gasteiger partial charge in [-0.2, -0.15) is 0 Å². The molecule has 0 bridgehead atoms. The first-order valence-electron chi connectivity index (χ1n) is 15.1. The molecule has 2 heterocycles. The Kier molecular flexibility index (Phi) is 6.46. The lowest BCUT2D eigenvalue weighted by molar-refractivity contribution is 1.17. The molecule has 0 amide bonds. The second-order valence-corrected chi connectivity index (χ2v) is 11.2. The summed E-state index contributed by atoms with van der Waals surface area (Å²) in [6, 6.07) is 52.6. The van der Waals surface area contributed by atoms with Crippen molar-refractivity contribution in [2.45, 2.75) is 6.92 Å². The van der Waals surface area contributed by atoms with Crippen molar-refractivity contribution in [1.82, 2.24) is 9.13 Å². The van der Waals surface area contributed by atoms with Crippen LogP contribution in [0, 0.1) is 0 Å². The van der Waals surface area contributed by atoms with Gasteiger partial charge in [0.1, 0.15) is 5.84 Å². The average molecular weight is 579 g/mol. The molecule has 4 nitrogen and oxygen atoms in total. The zero-order valence-corrected chi connectivity index (χ0v) is 24.9. The van der Waals surface area contributed by atoms with Crippen LogP contribution in [0.5, 0.6) is 0 Å². The monoisotopic (exact) mass is 578 g/mol. The van der Waals surface area contributed by atoms with E-state index in [0.29, 0.717) is 11.5 Å². The second kappa shape index (κ2) is 10.9. The van der Waals surface area contributed by atoms with Crippen LogP contribution in [0.1, 0.15) is 18.1 Å². The van der Waals surface area contributed by atoms with Crippen LogP contribution in [0.2, 0.25) is 0 Å². The number of aliphatic imine (C=N–C) groups is 2. The molecule has 0 aliphatic rings. The first-order chi connectivity index (χ1) is 22.2. The molecule has 0 saturated heterocycles. The highest BCUT2D eigenvalue weighted by molar-refractivity contribution is 6.26.